The Labute approximate surface area is 129 Å². The summed E-state index contributed by atoms with van der Waals surface area (Å²) in [5.41, 5.74) is 1.65. The van der Waals surface area contributed by atoms with Gasteiger partial charge < -0.3 is 9.47 Å². The lowest BCUT2D eigenvalue weighted by Crippen LogP contribution is -2.42. The van der Waals surface area contributed by atoms with Crippen molar-refractivity contribution in [1.29, 1.82) is 0 Å². The van der Waals surface area contributed by atoms with Gasteiger partial charge in [-0.25, -0.2) is 9.97 Å². The number of amides is 1. The number of nitrogens with zero attached hydrogens (tertiary/aromatic N) is 4. The van der Waals surface area contributed by atoms with E-state index in [-0.39, 0.29) is 31.8 Å². The highest BCUT2D eigenvalue weighted by Gasteiger charge is 2.35. The van der Waals surface area contributed by atoms with Crippen molar-refractivity contribution in [3.8, 4) is 0 Å². The van der Waals surface area contributed by atoms with Crippen molar-refractivity contribution in [2.24, 2.45) is 7.05 Å². The minimum Gasteiger partial charge on any atom is -0.338 e. The SMILES string of the molecule is Cn1cnc2cc(C(=O)N3CCC(OC(F)(F)F)CC3)cnc21. The smallest absolute Gasteiger partial charge is 0.338 e. The molecule has 0 atom stereocenters. The van der Waals surface area contributed by atoms with E-state index in [1.807, 2.05) is 0 Å². The van der Waals surface area contributed by atoms with Crippen molar-refractivity contribution >= 4 is 17.1 Å². The molecule has 9 heteroatoms. The summed E-state index contributed by atoms with van der Waals surface area (Å²) >= 11 is 0. The van der Waals surface area contributed by atoms with Crippen LogP contribution in [0, 0.1) is 0 Å². The highest BCUT2D eigenvalue weighted by molar-refractivity contribution is 5.96. The quantitative estimate of drug-likeness (QED) is 0.847. The maximum atomic E-state index is 12.4. The van der Waals surface area contributed by atoms with E-state index in [1.54, 1.807) is 24.0 Å². The number of hydrogen-bond donors (Lipinski definition) is 0. The number of aryl methyl sites for hydroxylation is 1. The van der Waals surface area contributed by atoms with Gasteiger partial charge in [0, 0.05) is 26.3 Å². The van der Waals surface area contributed by atoms with Crippen LogP contribution in [0.3, 0.4) is 0 Å². The van der Waals surface area contributed by atoms with Crippen LogP contribution in [0.4, 0.5) is 13.2 Å². The third kappa shape index (κ3) is 3.44. The molecule has 1 aliphatic heterocycles. The molecule has 2 aromatic rings. The molecule has 1 saturated heterocycles. The second-order valence-electron chi connectivity index (χ2n) is 5.48. The van der Waals surface area contributed by atoms with Crippen LogP contribution in [0.15, 0.2) is 18.6 Å². The van der Waals surface area contributed by atoms with Crippen LogP contribution < -0.4 is 0 Å². The lowest BCUT2D eigenvalue weighted by atomic mass is 10.1. The first kappa shape index (κ1) is 15.7. The Hall–Kier alpha value is -2.16. The van der Waals surface area contributed by atoms with Crippen LogP contribution in [-0.2, 0) is 11.8 Å². The average Bonchev–Trinajstić information content (AvgIpc) is 2.87. The predicted molar refractivity (Wildman–Crippen MR) is 74.6 cm³/mol. The molecule has 23 heavy (non-hydrogen) atoms. The number of carbonyl (C=O) groups excluding carboxylic acids is 1. The van der Waals surface area contributed by atoms with Crippen molar-refractivity contribution in [3.63, 3.8) is 0 Å². The first-order valence-corrected chi connectivity index (χ1v) is 7.14. The number of imidazole rings is 1. The summed E-state index contributed by atoms with van der Waals surface area (Å²) in [7, 11) is 1.80. The fourth-order valence-corrected chi connectivity index (χ4v) is 2.68. The summed E-state index contributed by atoms with van der Waals surface area (Å²) in [5.74, 6) is -0.254. The zero-order chi connectivity index (χ0) is 16.6. The zero-order valence-corrected chi connectivity index (χ0v) is 12.4. The molecule has 3 rings (SSSR count). The van der Waals surface area contributed by atoms with Gasteiger partial charge in [-0.1, -0.05) is 0 Å². The number of ether oxygens (including phenoxy) is 1. The van der Waals surface area contributed by atoms with Gasteiger partial charge >= 0.3 is 6.36 Å². The number of pyridine rings is 1. The number of hydrogen-bond acceptors (Lipinski definition) is 4. The Balaban J connectivity index is 1.66. The molecule has 0 saturated carbocycles. The molecule has 0 spiro atoms. The Morgan fingerprint density at radius 3 is 2.65 bits per heavy atom. The van der Waals surface area contributed by atoms with E-state index in [0.29, 0.717) is 16.7 Å². The molecule has 2 aromatic heterocycles. The molecule has 3 heterocycles. The van der Waals surface area contributed by atoms with E-state index < -0.39 is 12.5 Å². The minimum atomic E-state index is -4.63. The fourth-order valence-electron chi connectivity index (χ4n) is 2.68. The first-order valence-electron chi connectivity index (χ1n) is 7.14. The molecule has 0 aromatic carbocycles. The third-order valence-corrected chi connectivity index (χ3v) is 3.83. The molecule has 124 valence electrons. The van der Waals surface area contributed by atoms with Crippen LogP contribution in [-0.4, -0.2) is 50.9 Å². The minimum absolute atomic E-state index is 0.157. The van der Waals surface area contributed by atoms with Gasteiger partial charge in [-0.2, -0.15) is 0 Å². The van der Waals surface area contributed by atoms with Gasteiger partial charge in [0.15, 0.2) is 5.65 Å². The Morgan fingerprint density at radius 1 is 1.30 bits per heavy atom. The van der Waals surface area contributed by atoms with Crippen molar-refractivity contribution in [1.82, 2.24) is 19.4 Å². The normalized spacial score (nSPS) is 17.0. The lowest BCUT2D eigenvalue weighted by Gasteiger charge is -2.32. The van der Waals surface area contributed by atoms with Crippen LogP contribution in [0.2, 0.25) is 0 Å². The monoisotopic (exact) mass is 328 g/mol. The van der Waals surface area contributed by atoms with Gasteiger partial charge in [-0.3, -0.25) is 9.53 Å². The average molecular weight is 328 g/mol. The lowest BCUT2D eigenvalue weighted by molar-refractivity contribution is -0.345. The Bertz CT molecular complexity index is 720. The second kappa shape index (κ2) is 5.80. The molecule has 0 unspecified atom stereocenters. The number of halogens is 3. The van der Waals surface area contributed by atoms with Gasteiger partial charge in [0.05, 0.1) is 18.0 Å². The molecule has 0 bridgehead atoms. The Kier molecular flexibility index (Phi) is 3.97. The fraction of sp³-hybridized carbons (Fsp3) is 0.500. The number of rotatable bonds is 2. The summed E-state index contributed by atoms with van der Waals surface area (Å²) < 4.78 is 42.3. The topological polar surface area (TPSA) is 60.2 Å². The molecule has 0 N–H and O–H groups in total. The zero-order valence-electron chi connectivity index (χ0n) is 12.4. The van der Waals surface area contributed by atoms with Crippen LogP contribution in [0.5, 0.6) is 0 Å². The second-order valence-corrected chi connectivity index (χ2v) is 5.48. The molecule has 6 nitrogen and oxygen atoms in total. The van der Waals surface area contributed by atoms with Crippen molar-refractivity contribution in [2.45, 2.75) is 25.3 Å². The molecule has 1 fully saturated rings. The number of alkyl halides is 3. The van der Waals surface area contributed by atoms with E-state index in [0.717, 1.165) is 0 Å². The maximum absolute atomic E-state index is 12.4. The van der Waals surface area contributed by atoms with Crippen LogP contribution in [0.1, 0.15) is 23.2 Å². The summed E-state index contributed by atoms with van der Waals surface area (Å²) in [6.45, 7) is 0.444. The van der Waals surface area contributed by atoms with E-state index in [4.69, 9.17) is 0 Å². The van der Waals surface area contributed by atoms with Crippen LogP contribution >= 0.6 is 0 Å². The standard InChI is InChI=1S/C14H15F3N4O2/c1-20-8-19-11-6-9(7-18-12(11)20)13(22)21-4-2-10(3-5-21)23-14(15,16)17/h6-8,10H,2-5H2,1H3. The summed E-state index contributed by atoms with van der Waals surface area (Å²) in [6.07, 6.45) is -2.15. The number of carbonyl (C=O) groups is 1. The van der Waals surface area contributed by atoms with E-state index in [1.165, 1.54) is 11.1 Å². The van der Waals surface area contributed by atoms with Crippen molar-refractivity contribution in [2.75, 3.05) is 13.1 Å². The largest absolute Gasteiger partial charge is 0.522 e. The number of fused-ring (bicyclic) bond motifs is 1. The highest BCUT2D eigenvalue weighted by Crippen LogP contribution is 2.25. The number of piperidine rings is 1. The molecular formula is C14H15F3N4O2. The Morgan fingerprint density at radius 2 is 2.00 bits per heavy atom. The van der Waals surface area contributed by atoms with Gasteiger partial charge in [0.2, 0.25) is 0 Å². The summed E-state index contributed by atoms with van der Waals surface area (Å²) in [5, 5.41) is 0. The first-order chi connectivity index (χ1) is 10.8. The summed E-state index contributed by atoms with van der Waals surface area (Å²) in [4.78, 5) is 22.3. The molecule has 1 aliphatic rings. The number of aromatic nitrogens is 3. The highest BCUT2D eigenvalue weighted by atomic mass is 19.4. The van der Waals surface area contributed by atoms with Gasteiger partial charge in [0.25, 0.3) is 5.91 Å². The summed E-state index contributed by atoms with van der Waals surface area (Å²) in [6, 6.07) is 1.64. The van der Waals surface area contributed by atoms with E-state index in [2.05, 4.69) is 14.7 Å². The third-order valence-electron chi connectivity index (χ3n) is 3.83. The van der Waals surface area contributed by atoms with Gasteiger partial charge in [-0.15, -0.1) is 13.2 Å². The molecule has 0 radical (unpaired) electrons. The maximum Gasteiger partial charge on any atom is 0.522 e. The predicted octanol–water partition coefficient (Wildman–Crippen LogP) is 2.11. The van der Waals surface area contributed by atoms with Gasteiger partial charge in [-0.05, 0) is 18.9 Å². The van der Waals surface area contributed by atoms with Crippen molar-refractivity contribution < 1.29 is 22.7 Å². The van der Waals surface area contributed by atoms with E-state index >= 15 is 0 Å². The number of likely N-dealkylation sites (tertiary alicyclic amines) is 1. The molecule has 0 aliphatic carbocycles. The van der Waals surface area contributed by atoms with Crippen LogP contribution in [0.25, 0.3) is 11.2 Å². The van der Waals surface area contributed by atoms with Gasteiger partial charge in [0.1, 0.15) is 5.52 Å². The van der Waals surface area contributed by atoms with E-state index in [9.17, 15) is 18.0 Å². The molecular weight excluding hydrogens is 313 g/mol. The molecule has 1 amide bonds. The van der Waals surface area contributed by atoms with Crippen molar-refractivity contribution in [3.05, 3.63) is 24.2 Å².